The molecule has 0 spiro atoms. The molecule has 4 heterocycles. The van der Waals surface area contributed by atoms with E-state index in [9.17, 15) is 4.79 Å². The fourth-order valence-electron chi connectivity index (χ4n) is 3.89. The van der Waals surface area contributed by atoms with E-state index in [1.54, 1.807) is 6.08 Å². The molecule has 2 fully saturated rings. The summed E-state index contributed by atoms with van der Waals surface area (Å²) < 4.78 is 5.95. The van der Waals surface area contributed by atoms with Crippen LogP contribution in [0.2, 0.25) is 0 Å². The lowest BCUT2D eigenvalue weighted by Gasteiger charge is -2.26. The summed E-state index contributed by atoms with van der Waals surface area (Å²) in [5.74, 6) is -0.178. The number of aromatic nitrogens is 2. The first-order chi connectivity index (χ1) is 15.7. The Morgan fingerprint density at radius 3 is 2.78 bits per heavy atom. The standard InChI is InChI=1S/C24H22N4O2S2/c29-23-21(32-24(31)27-23)15-18-5-3-7-20(25-18)22-17(8-9-28-10-12-30-13-11-28)14-16-4-1-2-6-19(16)26-22/h1-7,14-15H,8-13H2,(H,27,29,31). The molecule has 2 aromatic heterocycles. The Hall–Kier alpha value is -2.65. The van der Waals surface area contributed by atoms with Gasteiger partial charge in [-0.25, -0.2) is 9.97 Å². The van der Waals surface area contributed by atoms with Gasteiger partial charge >= 0.3 is 0 Å². The number of para-hydroxylation sites is 1. The van der Waals surface area contributed by atoms with E-state index >= 15 is 0 Å². The number of ether oxygens (including phenoxy) is 1. The summed E-state index contributed by atoms with van der Waals surface area (Å²) in [6, 6.07) is 16.2. The van der Waals surface area contributed by atoms with Crippen molar-refractivity contribution in [2.45, 2.75) is 6.42 Å². The largest absolute Gasteiger partial charge is 0.379 e. The zero-order chi connectivity index (χ0) is 21.9. The molecule has 2 aliphatic heterocycles. The van der Waals surface area contributed by atoms with Crippen LogP contribution >= 0.6 is 24.0 Å². The van der Waals surface area contributed by atoms with E-state index in [2.05, 4.69) is 22.3 Å². The summed E-state index contributed by atoms with van der Waals surface area (Å²) in [5.41, 5.74) is 4.50. The number of hydrogen-bond donors (Lipinski definition) is 1. The summed E-state index contributed by atoms with van der Waals surface area (Å²) in [6.45, 7) is 4.44. The predicted molar refractivity (Wildman–Crippen MR) is 132 cm³/mol. The minimum atomic E-state index is -0.178. The third-order valence-corrected chi connectivity index (χ3v) is 6.70. The first-order valence-electron chi connectivity index (χ1n) is 10.6. The van der Waals surface area contributed by atoms with Crippen molar-refractivity contribution in [3.8, 4) is 11.4 Å². The van der Waals surface area contributed by atoms with Crippen LogP contribution in [0.15, 0.2) is 53.4 Å². The number of thioether (sulfide) groups is 1. The smallest absolute Gasteiger partial charge is 0.263 e. The topological polar surface area (TPSA) is 67.4 Å². The van der Waals surface area contributed by atoms with Gasteiger partial charge in [0.05, 0.1) is 40.7 Å². The lowest BCUT2D eigenvalue weighted by atomic mass is 10.0. The Balaban J connectivity index is 1.50. The lowest BCUT2D eigenvalue weighted by molar-refractivity contribution is -0.115. The van der Waals surface area contributed by atoms with Crippen LogP contribution in [0.1, 0.15) is 11.3 Å². The van der Waals surface area contributed by atoms with E-state index in [0.717, 1.165) is 61.6 Å². The van der Waals surface area contributed by atoms with Crippen LogP contribution in [0.25, 0.3) is 28.4 Å². The van der Waals surface area contributed by atoms with Gasteiger partial charge in [0.1, 0.15) is 4.32 Å². The fourth-order valence-corrected chi connectivity index (χ4v) is 4.92. The number of benzene rings is 1. The van der Waals surface area contributed by atoms with Crippen LogP contribution < -0.4 is 5.32 Å². The van der Waals surface area contributed by atoms with Gasteiger partial charge in [0.15, 0.2) is 0 Å². The highest BCUT2D eigenvalue weighted by molar-refractivity contribution is 8.26. The predicted octanol–water partition coefficient (Wildman–Crippen LogP) is 3.66. The van der Waals surface area contributed by atoms with Gasteiger partial charge in [-0.15, -0.1) is 0 Å². The minimum absolute atomic E-state index is 0.178. The Morgan fingerprint density at radius 1 is 1.12 bits per heavy atom. The summed E-state index contributed by atoms with van der Waals surface area (Å²) in [7, 11) is 0. The SMILES string of the molecule is O=C1NC(=S)SC1=Cc1cccc(-c2nc3ccccc3cc2CCN2CCOCC2)n1. The van der Waals surface area contributed by atoms with Crippen molar-refractivity contribution in [2.75, 3.05) is 32.8 Å². The average molecular weight is 463 g/mol. The van der Waals surface area contributed by atoms with Crippen LogP contribution in [0.3, 0.4) is 0 Å². The average Bonchev–Trinajstić information content (AvgIpc) is 3.14. The third-order valence-electron chi connectivity index (χ3n) is 5.54. The molecule has 6 nitrogen and oxygen atoms in total. The van der Waals surface area contributed by atoms with Crippen molar-refractivity contribution in [1.82, 2.24) is 20.2 Å². The minimum Gasteiger partial charge on any atom is -0.379 e. The Bertz CT molecular complexity index is 1220. The van der Waals surface area contributed by atoms with Crippen molar-refractivity contribution in [1.29, 1.82) is 0 Å². The van der Waals surface area contributed by atoms with Crippen LogP contribution in [0, 0.1) is 0 Å². The van der Waals surface area contributed by atoms with Gasteiger partial charge in [-0.1, -0.05) is 48.2 Å². The molecule has 5 rings (SSSR count). The molecule has 32 heavy (non-hydrogen) atoms. The number of carbonyl (C=O) groups is 1. The molecule has 0 saturated carbocycles. The molecule has 0 aliphatic carbocycles. The van der Waals surface area contributed by atoms with Crippen molar-refractivity contribution in [3.63, 3.8) is 0 Å². The number of hydrogen-bond acceptors (Lipinski definition) is 7. The monoisotopic (exact) mass is 462 g/mol. The van der Waals surface area contributed by atoms with Gasteiger partial charge in [-0.05, 0) is 42.3 Å². The number of pyridine rings is 2. The van der Waals surface area contributed by atoms with Crippen LogP contribution in [0.4, 0.5) is 0 Å². The van der Waals surface area contributed by atoms with Crippen molar-refractivity contribution < 1.29 is 9.53 Å². The maximum atomic E-state index is 12.0. The maximum absolute atomic E-state index is 12.0. The van der Waals surface area contributed by atoms with E-state index in [-0.39, 0.29) is 5.91 Å². The van der Waals surface area contributed by atoms with Gasteiger partial charge in [0.25, 0.3) is 5.91 Å². The van der Waals surface area contributed by atoms with Gasteiger partial charge in [-0.3, -0.25) is 9.69 Å². The molecule has 3 aromatic rings. The lowest BCUT2D eigenvalue weighted by Crippen LogP contribution is -2.37. The summed E-state index contributed by atoms with van der Waals surface area (Å²) in [6.07, 6.45) is 2.66. The van der Waals surface area contributed by atoms with Crippen molar-refractivity contribution >= 4 is 51.2 Å². The first kappa shape index (κ1) is 21.2. The van der Waals surface area contributed by atoms with E-state index in [4.69, 9.17) is 26.9 Å². The second-order valence-electron chi connectivity index (χ2n) is 7.69. The quantitative estimate of drug-likeness (QED) is 0.458. The van der Waals surface area contributed by atoms with Gasteiger partial charge in [0.2, 0.25) is 0 Å². The number of carbonyl (C=O) groups excluding carboxylic acids is 1. The molecule has 0 atom stereocenters. The number of nitrogens with one attached hydrogen (secondary N) is 1. The molecule has 2 aliphatic rings. The van der Waals surface area contributed by atoms with E-state index in [1.807, 2.05) is 36.4 Å². The molecule has 0 bridgehead atoms. The van der Waals surface area contributed by atoms with Crippen LogP contribution in [0.5, 0.6) is 0 Å². The maximum Gasteiger partial charge on any atom is 0.263 e. The Kier molecular flexibility index (Phi) is 6.27. The molecular weight excluding hydrogens is 440 g/mol. The molecule has 0 unspecified atom stereocenters. The Morgan fingerprint density at radius 2 is 1.97 bits per heavy atom. The highest BCUT2D eigenvalue weighted by Gasteiger charge is 2.22. The first-order valence-corrected chi connectivity index (χ1v) is 11.8. The van der Waals surface area contributed by atoms with E-state index < -0.39 is 0 Å². The summed E-state index contributed by atoms with van der Waals surface area (Å²) in [4.78, 5) is 24.8. The molecule has 1 N–H and O–H groups in total. The van der Waals surface area contributed by atoms with Crippen LogP contribution in [-0.4, -0.2) is 57.9 Å². The summed E-state index contributed by atoms with van der Waals surface area (Å²) in [5, 5.41) is 3.77. The number of morpholine rings is 1. The third kappa shape index (κ3) is 4.73. The fraction of sp³-hybridized carbons (Fsp3) is 0.250. The number of amides is 1. The Labute approximate surface area is 196 Å². The highest BCUT2D eigenvalue weighted by atomic mass is 32.2. The number of fused-ring (bicyclic) bond motifs is 1. The van der Waals surface area contributed by atoms with Crippen LogP contribution in [-0.2, 0) is 16.0 Å². The van der Waals surface area contributed by atoms with Crippen molar-refractivity contribution in [3.05, 3.63) is 64.7 Å². The van der Waals surface area contributed by atoms with Crippen molar-refractivity contribution in [2.24, 2.45) is 0 Å². The molecule has 1 aromatic carbocycles. The highest BCUT2D eigenvalue weighted by Crippen LogP contribution is 2.28. The van der Waals surface area contributed by atoms with E-state index in [1.165, 1.54) is 17.3 Å². The van der Waals surface area contributed by atoms with Gasteiger partial charge < -0.3 is 10.1 Å². The molecular formula is C24H22N4O2S2. The zero-order valence-corrected chi connectivity index (χ0v) is 19.0. The van der Waals surface area contributed by atoms with Gasteiger partial charge in [-0.2, -0.15) is 0 Å². The normalized spacial score (nSPS) is 18.4. The van der Waals surface area contributed by atoms with Gasteiger partial charge in [0, 0.05) is 25.0 Å². The van der Waals surface area contributed by atoms with E-state index in [0.29, 0.717) is 14.9 Å². The molecule has 162 valence electrons. The molecule has 2 saturated heterocycles. The summed E-state index contributed by atoms with van der Waals surface area (Å²) >= 11 is 6.34. The second-order valence-corrected chi connectivity index (χ2v) is 9.41. The second kappa shape index (κ2) is 9.46. The molecule has 1 amide bonds. The number of rotatable bonds is 5. The molecule has 0 radical (unpaired) electrons. The molecule has 8 heteroatoms. The zero-order valence-electron chi connectivity index (χ0n) is 17.4. The number of thiocarbonyl (C=S) groups is 1. The number of nitrogens with zero attached hydrogens (tertiary/aromatic N) is 3.